The first-order chi connectivity index (χ1) is 6.68. The van der Waals surface area contributed by atoms with Gasteiger partial charge in [0.05, 0.1) is 0 Å². The van der Waals surface area contributed by atoms with Crippen LogP contribution in [0.2, 0.25) is 0 Å². The van der Waals surface area contributed by atoms with Gasteiger partial charge in [-0.25, -0.2) is 0 Å². The van der Waals surface area contributed by atoms with Gasteiger partial charge in [0.1, 0.15) is 11.8 Å². The first-order valence-corrected chi connectivity index (χ1v) is 4.46. The maximum atomic E-state index is 10.9. The van der Waals surface area contributed by atoms with E-state index in [1.54, 1.807) is 12.1 Å². The summed E-state index contributed by atoms with van der Waals surface area (Å²) in [4.78, 5) is 10.9. The van der Waals surface area contributed by atoms with E-state index in [2.05, 4.69) is 5.32 Å². The Balaban J connectivity index is 2.44. The van der Waals surface area contributed by atoms with Crippen LogP contribution in [-0.4, -0.2) is 22.7 Å². The standard InChI is InChI=1S/C10H11NO3/c12-7-1-2-8-6(5-7)3-4-11-9(8)10(13)14/h1-2,5,9,11-12H,3-4H2,(H,13,14)/t9-/m0/s1. The molecule has 1 heterocycles. The molecule has 74 valence electrons. The van der Waals surface area contributed by atoms with Crippen LogP contribution in [0.1, 0.15) is 17.2 Å². The highest BCUT2D eigenvalue weighted by atomic mass is 16.4. The van der Waals surface area contributed by atoms with Gasteiger partial charge < -0.3 is 15.5 Å². The molecule has 4 heteroatoms. The molecule has 1 aromatic carbocycles. The lowest BCUT2D eigenvalue weighted by molar-refractivity contribution is -0.139. The van der Waals surface area contributed by atoms with Crippen LogP contribution in [0.4, 0.5) is 0 Å². The fourth-order valence-corrected chi connectivity index (χ4v) is 1.77. The Kier molecular flexibility index (Phi) is 2.13. The SMILES string of the molecule is O=C(O)[C@H]1NCCc2cc(O)ccc21. The van der Waals surface area contributed by atoms with Crippen LogP contribution in [0.15, 0.2) is 18.2 Å². The molecule has 1 aliphatic heterocycles. The molecule has 0 spiro atoms. The van der Waals surface area contributed by atoms with Gasteiger partial charge in [0.2, 0.25) is 0 Å². The van der Waals surface area contributed by atoms with Crippen molar-refractivity contribution in [3.05, 3.63) is 29.3 Å². The topological polar surface area (TPSA) is 69.6 Å². The van der Waals surface area contributed by atoms with E-state index in [4.69, 9.17) is 5.11 Å². The van der Waals surface area contributed by atoms with E-state index in [1.165, 1.54) is 6.07 Å². The van der Waals surface area contributed by atoms with E-state index in [0.717, 1.165) is 17.5 Å². The van der Waals surface area contributed by atoms with E-state index in [9.17, 15) is 9.90 Å². The monoisotopic (exact) mass is 193 g/mol. The summed E-state index contributed by atoms with van der Waals surface area (Å²) in [6, 6.07) is 4.17. The molecule has 0 radical (unpaired) electrons. The maximum absolute atomic E-state index is 10.9. The van der Waals surface area contributed by atoms with Crippen molar-refractivity contribution in [1.82, 2.24) is 5.32 Å². The van der Waals surface area contributed by atoms with Gasteiger partial charge >= 0.3 is 5.97 Å². The van der Waals surface area contributed by atoms with Gasteiger partial charge in [0.15, 0.2) is 0 Å². The highest BCUT2D eigenvalue weighted by Crippen LogP contribution is 2.26. The van der Waals surface area contributed by atoms with Gasteiger partial charge in [-0.2, -0.15) is 0 Å². The maximum Gasteiger partial charge on any atom is 0.325 e. The number of nitrogens with one attached hydrogen (secondary N) is 1. The van der Waals surface area contributed by atoms with Crippen molar-refractivity contribution in [2.45, 2.75) is 12.5 Å². The molecule has 1 atom stereocenters. The number of carbonyl (C=O) groups is 1. The molecule has 3 N–H and O–H groups in total. The van der Waals surface area contributed by atoms with Crippen LogP contribution in [0, 0.1) is 0 Å². The quantitative estimate of drug-likeness (QED) is 0.613. The van der Waals surface area contributed by atoms with Crippen LogP contribution >= 0.6 is 0 Å². The molecule has 0 saturated carbocycles. The number of fused-ring (bicyclic) bond motifs is 1. The second-order valence-corrected chi connectivity index (χ2v) is 3.36. The number of hydrogen-bond acceptors (Lipinski definition) is 3. The number of phenolic OH excluding ortho intramolecular Hbond substituents is 1. The van der Waals surface area contributed by atoms with Crippen LogP contribution in [0.3, 0.4) is 0 Å². The molecule has 0 aromatic heterocycles. The molecule has 1 aliphatic rings. The average Bonchev–Trinajstić information content (AvgIpc) is 2.16. The van der Waals surface area contributed by atoms with Gasteiger partial charge in [0.25, 0.3) is 0 Å². The number of phenols is 1. The van der Waals surface area contributed by atoms with E-state index in [0.29, 0.717) is 6.54 Å². The van der Waals surface area contributed by atoms with E-state index >= 15 is 0 Å². The lowest BCUT2D eigenvalue weighted by Gasteiger charge is -2.23. The molecule has 0 bridgehead atoms. The molecule has 1 aromatic rings. The third kappa shape index (κ3) is 1.44. The van der Waals surface area contributed by atoms with Crippen LogP contribution in [0.5, 0.6) is 5.75 Å². The van der Waals surface area contributed by atoms with E-state index in [-0.39, 0.29) is 5.75 Å². The molecular formula is C10H11NO3. The third-order valence-corrected chi connectivity index (χ3v) is 2.43. The largest absolute Gasteiger partial charge is 0.508 e. The summed E-state index contributed by atoms with van der Waals surface area (Å²) >= 11 is 0. The highest BCUT2D eigenvalue weighted by molar-refractivity contribution is 5.76. The molecule has 0 saturated heterocycles. The van der Waals surface area contributed by atoms with Crippen LogP contribution in [-0.2, 0) is 11.2 Å². The third-order valence-electron chi connectivity index (χ3n) is 2.43. The predicted molar refractivity (Wildman–Crippen MR) is 50.2 cm³/mol. The lowest BCUT2D eigenvalue weighted by atomic mass is 9.94. The number of aromatic hydroxyl groups is 1. The normalized spacial score (nSPS) is 20.1. The number of hydrogen-bond donors (Lipinski definition) is 3. The Morgan fingerprint density at radius 1 is 1.50 bits per heavy atom. The summed E-state index contributed by atoms with van der Waals surface area (Å²) in [5, 5.41) is 21.1. The van der Waals surface area contributed by atoms with E-state index in [1.807, 2.05) is 0 Å². The van der Waals surface area contributed by atoms with Crippen molar-refractivity contribution >= 4 is 5.97 Å². The molecular weight excluding hydrogens is 182 g/mol. The summed E-state index contributed by atoms with van der Waals surface area (Å²) in [6.45, 7) is 0.632. The minimum Gasteiger partial charge on any atom is -0.508 e. The van der Waals surface area contributed by atoms with Gasteiger partial charge in [-0.1, -0.05) is 6.07 Å². The Morgan fingerprint density at radius 2 is 2.29 bits per heavy atom. The zero-order chi connectivity index (χ0) is 10.1. The van der Waals surface area contributed by atoms with Crippen molar-refractivity contribution in [2.75, 3.05) is 6.54 Å². The second kappa shape index (κ2) is 3.31. The number of rotatable bonds is 1. The zero-order valence-corrected chi connectivity index (χ0v) is 7.53. The number of carboxylic acid groups (broad SMARTS) is 1. The smallest absolute Gasteiger partial charge is 0.325 e. The summed E-state index contributed by atoms with van der Waals surface area (Å²) in [5.41, 5.74) is 1.66. The first kappa shape index (κ1) is 9.02. The summed E-state index contributed by atoms with van der Waals surface area (Å²) < 4.78 is 0. The van der Waals surface area contributed by atoms with Gasteiger partial charge in [-0.15, -0.1) is 0 Å². The Bertz CT molecular complexity index is 376. The Morgan fingerprint density at radius 3 is 3.00 bits per heavy atom. The zero-order valence-electron chi connectivity index (χ0n) is 7.53. The van der Waals surface area contributed by atoms with Crippen molar-refractivity contribution in [1.29, 1.82) is 0 Å². The second-order valence-electron chi connectivity index (χ2n) is 3.36. The number of carboxylic acids is 1. The van der Waals surface area contributed by atoms with Crippen LogP contribution < -0.4 is 5.32 Å². The summed E-state index contributed by atoms with van der Waals surface area (Å²) in [7, 11) is 0. The van der Waals surface area contributed by atoms with Crippen molar-refractivity contribution < 1.29 is 15.0 Å². The molecule has 2 rings (SSSR count). The van der Waals surface area contributed by atoms with Crippen LogP contribution in [0.25, 0.3) is 0 Å². The van der Waals surface area contributed by atoms with Gasteiger partial charge in [-0.05, 0) is 29.7 Å². The van der Waals surface area contributed by atoms with Crippen molar-refractivity contribution in [3.8, 4) is 5.75 Å². The minimum atomic E-state index is -0.878. The van der Waals surface area contributed by atoms with Gasteiger partial charge in [-0.3, -0.25) is 4.79 Å². The molecule has 0 fully saturated rings. The predicted octanol–water partition coefficient (Wildman–Crippen LogP) is 0.664. The summed E-state index contributed by atoms with van der Waals surface area (Å²) in [5.74, 6) is -0.688. The molecule has 0 aliphatic carbocycles. The van der Waals surface area contributed by atoms with E-state index < -0.39 is 12.0 Å². The number of aliphatic carboxylic acids is 1. The average molecular weight is 193 g/mol. The number of benzene rings is 1. The molecule has 14 heavy (non-hydrogen) atoms. The fourth-order valence-electron chi connectivity index (χ4n) is 1.77. The summed E-state index contributed by atoms with van der Waals surface area (Å²) in [6.07, 6.45) is 0.757. The lowest BCUT2D eigenvalue weighted by Crippen LogP contribution is -2.34. The highest BCUT2D eigenvalue weighted by Gasteiger charge is 2.25. The fraction of sp³-hybridized carbons (Fsp3) is 0.300. The first-order valence-electron chi connectivity index (χ1n) is 4.46. The molecule has 0 amide bonds. The Labute approximate surface area is 81.2 Å². The molecule has 4 nitrogen and oxygen atoms in total. The van der Waals surface area contributed by atoms with Crippen molar-refractivity contribution in [3.63, 3.8) is 0 Å². The van der Waals surface area contributed by atoms with Crippen molar-refractivity contribution in [2.24, 2.45) is 0 Å². The van der Waals surface area contributed by atoms with Gasteiger partial charge in [0, 0.05) is 6.54 Å². The minimum absolute atomic E-state index is 0.190. The Hall–Kier alpha value is -1.55. The molecule has 0 unspecified atom stereocenters.